The standard InChI is InChI=1S/C12H13BrClNO2/c1-7-9(4-5-17-7)12(16)15-11-6-8(13)2-3-10(11)14/h2-3,6-7,9H,4-5H2,1H3,(H,15,16). The van der Waals surface area contributed by atoms with Gasteiger partial charge in [-0.1, -0.05) is 27.5 Å². The van der Waals surface area contributed by atoms with Crippen molar-refractivity contribution in [3.8, 4) is 0 Å². The Hall–Kier alpha value is -0.580. The molecule has 2 rings (SSSR count). The molecule has 1 fully saturated rings. The number of anilines is 1. The average molecular weight is 319 g/mol. The van der Waals surface area contributed by atoms with Crippen LogP contribution < -0.4 is 5.32 Å². The molecule has 1 saturated heterocycles. The second-order valence-electron chi connectivity index (χ2n) is 4.08. The number of benzene rings is 1. The van der Waals surface area contributed by atoms with Crippen LogP contribution in [0.2, 0.25) is 5.02 Å². The summed E-state index contributed by atoms with van der Waals surface area (Å²) in [6.45, 7) is 2.56. The van der Waals surface area contributed by atoms with Crippen LogP contribution >= 0.6 is 27.5 Å². The fourth-order valence-electron chi connectivity index (χ4n) is 1.89. The zero-order chi connectivity index (χ0) is 12.4. The second-order valence-corrected chi connectivity index (χ2v) is 5.41. The van der Waals surface area contributed by atoms with Gasteiger partial charge >= 0.3 is 0 Å². The molecule has 1 aromatic carbocycles. The van der Waals surface area contributed by atoms with Crippen molar-refractivity contribution in [2.75, 3.05) is 11.9 Å². The predicted octanol–water partition coefficient (Wildman–Crippen LogP) is 3.47. The molecule has 2 atom stereocenters. The zero-order valence-electron chi connectivity index (χ0n) is 9.37. The minimum atomic E-state index is -0.0925. The van der Waals surface area contributed by atoms with Gasteiger partial charge < -0.3 is 10.1 Å². The van der Waals surface area contributed by atoms with Crippen LogP contribution in [0.3, 0.4) is 0 Å². The summed E-state index contributed by atoms with van der Waals surface area (Å²) in [4.78, 5) is 12.0. The molecule has 1 aromatic rings. The number of halogens is 2. The molecular weight excluding hydrogens is 305 g/mol. The summed E-state index contributed by atoms with van der Waals surface area (Å²) < 4.78 is 6.26. The Bertz CT molecular complexity index is 439. The highest BCUT2D eigenvalue weighted by Crippen LogP contribution is 2.28. The van der Waals surface area contributed by atoms with Gasteiger partial charge in [-0.15, -0.1) is 0 Å². The smallest absolute Gasteiger partial charge is 0.230 e. The molecule has 1 N–H and O–H groups in total. The molecular formula is C12H13BrClNO2. The quantitative estimate of drug-likeness (QED) is 0.907. The molecule has 0 saturated carbocycles. The highest BCUT2D eigenvalue weighted by molar-refractivity contribution is 9.10. The van der Waals surface area contributed by atoms with E-state index >= 15 is 0 Å². The molecule has 0 aromatic heterocycles. The molecule has 0 spiro atoms. The molecule has 2 unspecified atom stereocenters. The van der Waals surface area contributed by atoms with E-state index in [-0.39, 0.29) is 17.9 Å². The van der Waals surface area contributed by atoms with Crippen molar-refractivity contribution in [2.24, 2.45) is 5.92 Å². The topological polar surface area (TPSA) is 38.3 Å². The summed E-state index contributed by atoms with van der Waals surface area (Å²) in [6.07, 6.45) is 0.736. The third-order valence-electron chi connectivity index (χ3n) is 2.90. The van der Waals surface area contributed by atoms with Crippen molar-refractivity contribution in [3.63, 3.8) is 0 Å². The highest BCUT2D eigenvalue weighted by Gasteiger charge is 2.30. The molecule has 1 heterocycles. The maximum Gasteiger partial charge on any atom is 0.230 e. The number of nitrogens with one attached hydrogen (secondary N) is 1. The van der Waals surface area contributed by atoms with Crippen LogP contribution in [0, 0.1) is 5.92 Å². The molecule has 17 heavy (non-hydrogen) atoms. The van der Waals surface area contributed by atoms with Crippen LogP contribution in [0.5, 0.6) is 0 Å². The number of carbonyl (C=O) groups excluding carboxylic acids is 1. The fourth-order valence-corrected chi connectivity index (χ4v) is 2.42. The highest BCUT2D eigenvalue weighted by atomic mass is 79.9. The van der Waals surface area contributed by atoms with Gasteiger partial charge in [0, 0.05) is 11.1 Å². The maximum absolute atomic E-state index is 12.0. The van der Waals surface area contributed by atoms with E-state index in [4.69, 9.17) is 16.3 Å². The largest absolute Gasteiger partial charge is 0.378 e. The van der Waals surface area contributed by atoms with Gasteiger partial charge in [0.25, 0.3) is 0 Å². The monoisotopic (exact) mass is 317 g/mol. The van der Waals surface area contributed by atoms with E-state index in [1.165, 1.54) is 0 Å². The number of ether oxygens (including phenoxy) is 1. The fraction of sp³-hybridized carbons (Fsp3) is 0.417. The molecule has 3 nitrogen and oxygen atoms in total. The van der Waals surface area contributed by atoms with Gasteiger partial charge in [0.1, 0.15) is 0 Å². The minimum absolute atomic E-state index is 0.0269. The number of hydrogen-bond acceptors (Lipinski definition) is 2. The molecule has 5 heteroatoms. The lowest BCUT2D eigenvalue weighted by molar-refractivity contribution is -0.121. The van der Waals surface area contributed by atoms with Crippen LogP contribution in [-0.2, 0) is 9.53 Å². The maximum atomic E-state index is 12.0. The van der Waals surface area contributed by atoms with Crippen molar-refractivity contribution < 1.29 is 9.53 Å². The molecule has 0 bridgehead atoms. The van der Waals surface area contributed by atoms with Crippen LogP contribution in [0.1, 0.15) is 13.3 Å². The van der Waals surface area contributed by atoms with Crippen molar-refractivity contribution in [2.45, 2.75) is 19.4 Å². The van der Waals surface area contributed by atoms with Crippen LogP contribution in [0.15, 0.2) is 22.7 Å². The van der Waals surface area contributed by atoms with E-state index in [1.807, 2.05) is 13.0 Å². The number of rotatable bonds is 2. The summed E-state index contributed by atoms with van der Waals surface area (Å²) in [5.74, 6) is -0.125. The van der Waals surface area contributed by atoms with Crippen molar-refractivity contribution in [1.82, 2.24) is 0 Å². The Balaban J connectivity index is 2.10. The van der Waals surface area contributed by atoms with E-state index in [0.29, 0.717) is 17.3 Å². The number of amides is 1. The van der Waals surface area contributed by atoms with Crippen LogP contribution in [0.25, 0.3) is 0 Å². The molecule has 92 valence electrons. The second kappa shape index (κ2) is 5.38. The average Bonchev–Trinajstić information content (AvgIpc) is 2.70. The summed E-state index contributed by atoms with van der Waals surface area (Å²) >= 11 is 9.36. The minimum Gasteiger partial charge on any atom is -0.378 e. The zero-order valence-corrected chi connectivity index (χ0v) is 11.7. The van der Waals surface area contributed by atoms with Gasteiger partial charge in [-0.25, -0.2) is 0 Å². The Labute approximate surface area is 114 Å². The first-order valence-electron chi connectivity index (χ1n) is 5.45. The van der Waals surface area contributed by atoms with E-state index in [0.717, 1.165) is 10.9 Å². The third-order valence-corrected chi connectivity index (χ3v) is 3.72. The molecule has 1 aliphatic rings. The first-order chi connectivity index (χ1) is 8.08. The van der Waals surface area contributed by atoms with E-state index in [2.05, 4.69) is 21.2 Å². The lowest BCUT2D eigenvalue weighted by Gasteiger charge is -2.15. The van der Waals surface area contributed by atoms with Gasteiger partial charge in [0.05, 0.1) is 22.7 Å². The van der Waals surface area contributed by atoms with Gasteiger partial charge in [-0.3, -0.25) is 4.79 Å². The van der Waals surface area contributed by atoms with Crippen molar-refractivity contribution in [1.29, 1.82) is 0 Å². The Morgan fingerprint density at radius 3 is 3.00 bits per heavy atom. The SMILES string of the molecule is CC1OCCC1C(=O)Nc1cc(Br)ccc1Cl. The summed E-state index contributed by atoms with van der Waals surface area (Å²) in [6, 6.07) is 5.37. The third kappa shape index (κ3) is 3.00. The lowest BCUT2D eigenvalue weighted by Crippen LogP contribution is -2.27. The Morgan fingerprint density at radius 1 is 1.59 bits per heavy atom. The lowest BCUT2D eigenvalue weighted by atomic mass is 10.0. The summed E-state index contributed by atoms with van der Waals surface area (Å²) in [5.41, 5.74) is 0.630. The van der Waals surface area contributed by atoms with Crippen LogP contribution in [-0.4, -0.2) is 18.6 Å². The summed E-state index contributed by atoms with van der Waals surface area (Å²) in [7, 11) is 0. The normalized spacial score (nSPS) is 23.7. The van der Waals surface area contributed by atoms with Gasteiger partial charge in [-0.05, 0) is 31.5 Å². The first-order valence-corrected chi connectivity index (χ1v) is 6.62. The molecule has 1 aliphatic heterocycles. The van der Waals surface area contributed by atoms with Crippen molar-refractivity contribution in [3.05, 3.63) is 27.7 Å². The van der Waals surface area contributed by atoms with Crippen molar-refractivity contribution >= 4 is 39.1 Å². The Kier molecular flexibility index (Phi) is 4.07. The molecule has 1 amide bonds. The van der Waals surface area contributed by atoms with E-state index in [1.54, 1.807) is 12.1 Å². The van der Waals surface area contributed by atoms with E-state index in [9.17, 15) is 4.79 Å². The molecule has 0 aliphatic carbocycles. The molecule has 0 radical (unpaired) electrons. The van der Waals surface area contributed by atoms with Gasteiger partial charge in [-0.2, -0.15) is 0 Å². The predicted molar refractivity (Wildman–Crippen MR) is 71.3 cm³/mol. The van der Waals surface area contributed by atoms with Gasteiger partial charge in [0.15, 0.2) is 0 Å². The van der Waals surface area contributed by atoms with E-state index < -0.39 is 0 Å². The van der Waals surface area contributed by atoms with Gasteiger partial charge in [0.2, 0.25) is 5.91 Å². The number of carbonyl (C=O) groups is 1. The van der Waals surface area contributed by atoms with Crippen LogP contribution in [0.4, 0.5) is 5.69 Å². The first kappa shape index (κ1) is 12.9. The summed E-state index contributed by atoms with van der Waals surface area (Å²) in [5, 5.41) is 3.38. The Morgan fingerprint density at radius 2 is 2.35 bits per heavy atom. The number of hydrogen-bond donors (Lipinski definition) is 1.